The molecule has 0 radical (unpaired) electrons. The number of aromatic nitrogens is 4. The maximum atomic E-state index is 13.5. The molecule has 0 atom stereocenters. The third kappa shape index (κ3) is 3.36. The van der Waals surface area contributed by atoms with Crippen LogP contribution in [0.2, 0.25) is 0 Å². The van der Waals surface area contributed by atoms with Gasteiger partial charge in [-0.3, -0.25) is 18.6 Å². The summed E-state index contributed by atoms with van der Waals surface area (Å²) < 4.78 is 3.31. The van der Waals surface area contributed by atoms with E-state index in [-0.39, 0.29) is 17.7 Å². The summed E-state index contributed by atoms with van der Waals surface area (Å²) in [6.07, 6.45) is 5.77. The molecule has 8 heteroatoms. The monoisotopic (exact) mass is 474 g/mol. The molecule has 33 heavy (non-hydrogen) atoms. The van der Waals surface area contributed by atoms with Gasteiger partial charge in [0.1, 0.15) is 4.83 Å². The Morgan fingerprint density at radius 1 is 1.06 bits per heavy atom. The van der Waals surface area contributed by atoms with Crippen molar-refractivity contribution in [3.8, 4) is 11.1 Å². The fraction of sp³-hybridized carbons (Fsp3) is 0.280. The molecule has 0 N–H and O–H groups in total. The molecule has 0 aliphatic heterocycles. The molecule has 6 rings (SSSR count). The van der Waals surface area contributed by atoms with Crippen LogP contribution in [-0.4, -0.2) is 18.9 Å². The van der Waals surface area contributed by atoms with Gasteiger partial charge in [-0.05, 0) is 56.2 Å². The highest BCUT2D eigenvalue weighted by Gasteiger charge is 2.19. The van der Waals surface area contributed by atoms with Crippen molar-refractivity contribution in [3.05, 3.63) is 84.1 Å². The molecular weight excluding hydrogens is 452 g/mol. The van der Waals surface area contributed by atoms with Crippen molar-refractivity contribution in [2.45, 2.75) is 46.1 Å². The van der Waals surface area contributed by atoms with Crippen molar-refractivity contribution in [2.24, 2.45) is 0 Å². The van der Waals surface area contributed by atoms with Gasteiger partial charge in [0.2, 0.25) is 0 Å². The van der Waals surface area contributed by atoms with Crippen molar-refractivity contribution >= 4 is 37.9 Å². The number of thiazole rings is 1. The van der Waals surface area contributed by atoms with Crippen LogP contribution in [-0.2, 0) is 19.4 Å². The minimum absolute atomic E-state index is 0.0668. The van der Waals surface area contributed by atoms with Crippen LogP contribution in [0.5, 0.6) is 0 Å². The zero-order valence-electron chi connectivity index (χ0n) is 18.4. The lowest BCUT2D eigenvalue weighted by molar-refractivity contribution is 0.668. The third-order valence-corrected chi connectivity index (χ3v) is 8.55. The van der Waals surface area contributed by atoms with E-state index >= 15 is 0 Å². The second-order valence-corrected chi connectivity index (χ2v) is 10.6. The van der Waals surface area contributed by atoms with Gasteiger partial charge in [0.05, 0.1) is 24.0 Å². The first-order valence-electron chi connectivity index (χ1n) is 11.1. The van der Waals surface area contributed by atoms with E-state index in [4.69, 9.17) is 4.98 Å². The molecule has 166 valence electrons. The van der Waals surface area contributed by atoms with E-state index in [9.17, 15) is 9.59 Å². The Bertz CT molecular complexity index is 1670. The Balaban J connectivity index is 1.44. The Morgan fingerprint density at radius 3 is 2.76 bits per heavy atom. The van der Waals surface area contributed by atoms with Gasteiger partial charge in [0.15, 0.2) is 4.96 Å². The molecule has 0 unspecified atom stereocenters. The topological polar surface area (TPSA) is 69.3 Å². The van der Waals surface area contributed by atoms with Crippen LogP contribution in [0.4, 0.5) is 0 Å². The van der Waals surface area contributed by atoms with Crippen LogP contribution in [0.1, 0.15) is 40.2 Å². The maximum absolute atomic E-state index is 13.5. The van der Waals surface area contributed by atoms with Gasteiger partial charge in [0, 0.05) is 27.6 Å². The minimum Gasteiger partial charge on any atom is -0.293 e. The number of hydrogen-bond donors (Lipinski definition) is 0. The maximum Gasteiger partial charge on any atom is 0.263 e. The molecule has 4 heterocycles. The zero-order valence-corrected chi connectivity index (χ0v) is 20.1. The first kappa shape index (κ1) is 20.5. The second kappa shape index (κ2) is 7.74. The van der Waals surface area contributed by atoms with E-state index in [1.54, 1.807) is 32.7 Å². The zero-order chi connectivity index (χ0) is 22.7. The summed E-state index contributed by atoms with van der Waals surface area (Å²) in [6, 6.07) is 7.80. The summed E-state index contributed by atoms with van der Waals surface area (Å²) in [6.45, 7) is 4.38. The molecule has 0 saturated heterocycles. The standard InChI is InChI=1S/C25H22N4O2S2/c1-14-7-8-16(9-15(14)2)18-12-32-23-22(18)24(31)28(13-26-23)11-17-10-21(30)29-19-5-3-4-6-20(19)33-25(29)27-17/h7-10,12-13H,3-6,11H2,1-2H3. The van der Waals surface area contributed by atoms with E-state index in [1.807, 2.05) is 5.38 Å². The van der Waals surface area contributed by atoms with Crippen molar-refractivity contribution in [1.82, 2.24) is 18.9 Å². The average molecular weight is 475 g/mol. The largest absolute Gasteiger partial charge is 0.293 e. The van der Waals surface area contributed by atoms with Gasteiger partial charge in [-0.15, -0.1) is 22.7 Å². The quantitative estimate of drug-likeness (QED) is 0.379. The van der Waals surface area contributed by atoms with E-state index in [1.165, 1.54) is 27.3 Å². The Labute approximate surface area is 197 Å². The summed E-state index contributed by atoms with van der Waals surface area (Å²) in [4.78, 5) is 38.4. The molecule has 1 aromatic carbocycles. The lowest BCUT2D eigenvalue weighted by Crippen LogP contribution is -2.23. The first-order valence-corrected chi connectivity index (χ1v) is 12.8. The lowest BCUT2D eigenvalue weighted by atomic mass is 10.0. The summed E-state index contributed by atoms with van der Waals surface area (Å²) in [5.74, 6) is 0. The molecule has 0 saturated carbocycles. The minimum atomic E-state index is -0.109. The van der Waals surface area contributed by atoms with Gasteiger partial charge >= 0.3 is 0 Å². The number of aryl methyl sites for hydroxylation is 4. The highest BCUT2D eigenvalue weighted by atomic mass is 32.1. The van der Waals surface area contributed by atoms with Crippen molar-refractivity contribution in [2.75, 3.05) is 0 Å². The Hall–Kier alpha value is -3.10. The van der Waals surface area contributed by atoms with E-state index in [0.29, 0.717) is 11.1 Å². The predicted octanol–water partition coefficient (Wildman–Crippen LogP) is 4.74. The number of rotatable bonds is 3. The van der Waals surface area contributed by atoms with Crippen molar-refractivity contribution < 1.29 is 0 Å². The highest BCUT2D eigenvalue weighted by Crippen LogP contribution is 2.32. The van der Waals surface area contributed by atoms with Gasteiger partial charge in [-0.1, -0.05) is 18.2 Å². The van der Waals surface area contributed by atoms with Crippen molar-refractivity contribution in [1.29, 1.82) is 0 Å². The van der Waals surface area contributed by atoms with E-state index in [0.717, 1.165) is 52.3 Å². The number of thiophene rings is 1. The fourth-order valence-corrected chi connectivity index (χ4v) is 6.74. The Morgan fingerprint density at radius 2 is 1.91 bits per heavy atom. The van der Waals surface area contributed by atoms with Crippen LogP contribution in [0.3, 0.4) is 0 Å². The smallest absolute Gasteiger partial charge is 0.263 e. The van der Waals surface area contributed by atoms with Crippen molar-refractivity contribution in [3.63, 3.8) is 0 Å². The van der Waals surface area contributed by atoms with Crippen LogP contribution in [0.15, 0.2) is 45.6 Å². The van der Waals surface area contributed by atoms with Gasteiger partial charge < -0.3 is 0 Å². The third-order valence-electron chi connectivity index (χ3n) is 6.53. The highest BCUT2D eigenvalue weighted by molar-refractivity contribution is 7.17. The summed E-state index contributed by atoms with van der Waals surface area (Å²) in [5.41, 5.74) is 5.85. The second-order valence-electron chi connectivity index (χ2n) is 8.69. The summed E-state index contributed by atoms with van der Waals surface area (Å²) in [5, 5.41) is 2.62. The number of benzene rings is 1. The normalized spacial score (nSPS) is 13.6. The molecule has 0 amide bonds. The van der Waals surface area contributed by atoms with Gasteiger partial charge in [-0.2, -0.15) is 0 Å². The molecule has 1 aliphatic rings. The molecule has 4 aromatic heterocycles. The Kier molecular flexibility index (Phi) is 4.81. The number of fused-ring (bicyclic) bond motifs is 4. The molecule has 6 nitrogen and oxygen atoms in total. The summed E-state index contributed by atoms with van der Waals surface area (Å²) >= 11 is 3.08. The molecule has 1 aliphatic carbocycles. The van der Waals surface area contributed by atoms with Gasteiger partial charge in [0.25, 0.3) is 11.1 Å². The molecule has 0 fully saturated rings. The summed E-state index contributed by atoms with van der Waals surface area (Å²) in [7, 11) is 0. The van der Waals surface area contributed by atoms with Crippen LogP contribution >= 0.6 is 22.7 Å². The molecular formula is C25H22N4O2S2. The van der Waals surface area contributed by atoms with E-state index < -0.39 is 0 Å². The van der Waals surface area contributed by atoms with Crippen LogP contribution < -0.4 is 11.1 Å². The molecule has 0 bridgehead atoms. The number of hydrogen-bond acceptors (Lipinski definition) is 6. The van der Waals surface area contributed by atoms with Crippen LogP contribution in [0.25, 0.3) is 26.3 Å². The molecule has 5 aromatic rings. The lowest BCUT2D eigenvalue weighted by Gasteiger charge is -2.10. The van der Waals surface area contributed by atoms with Gasteiger partial charge in [-0.25, -0.2) is 9.97 Å². The number of nitrogens with zero attached hydrogens (tertiary/aromatic N) is 4. The van der Waals surface area contributed by atoms with E-state index in [2.05, 4.69) is 37.0 Å². The van der Waals surface area contributed by atoms with Crippen LogP contribution in [0, 0.1) is 13.8 Å². The average Bonchev–Trinajstić information content (AvgIpc) is 3.39. The SMILES string of the molecule is Cc1ccc(-c2csc3ncn(Cc4cc(=O)n5c6c(sc5n4)CCCC6)c(=O)c23)cc1C. The first-order chi connectivity index (χ1) is 16.0. The predicted molar refractivity (Wildman–Crippen MR) is 134 cm³/mol. The fourth-order valence-electron chi connectivity index (χ4n) is 4.60. The molecule has 0 spiro atoms.